The largest absolute Gasteiger partial charge is 0.497 e. The molecule has 1 fully saturated rings. The van der Waals surface area contributed by atoms with Gasteiger partial charge in [-0.25, -0.2) is 19.3 Å². The maximum atomic E-state index is 16.0. The Bertz CT molecular complexity index is 1730. The van der Waals surface area contributed by atoms with Gasteiger partial charge in [-0.1, -0.05) is 59.7 Å². The summed E-state index contributed by atoms with van der Waals surface area (Å²) in [6.07, 6.45) is -1.26. The van der Waals surface area contributed by atoms with Crippen molar-refractivity contribution in [2.24, 2.45) is 5.11 Å². The second kappa shape index (κ2) is 12.2. The lowest BCUT2D eigenvalue weighted by atomic mass is 9.80. The van der Waals surface area contributed by atoms with Gasteiger partial charge in [0.25, 0.3) is 0 Å². The van der Waals surface area contributed by atoms with Crippen molar-refractivity contribution >= 4 is 17.0 Å². The highest BCUT2D eigenvalue weighted by Crippen LogP contribution is 2.43. The van der Waals surface area contributed by atoms with Crippen LogP contribution >= 0.6 is 0 Å². The Balaban J connectivity index is 1.42. The number of aromatic nitrogens is 4. The Labute approximate surface area is 251 Å². The van der Waals surface area contributed by atoms with Crippen molar-refractivity contribution in [3.63, 3.8) is 0 Å². The molecule has 6 rings (SSSR count). The number of halogens is 1. The van der Waals surface area contributed by atoms with E-state index in [1.165, 1.54) is 17.2 Å². The summed E-state index contributed by atoms with van der Waals surface area (Å²) >= 11 is 0. The first-order valence-electron chi connectivity index (χ1n) is 13.8. The van der Waals surface area contributed by atoms with Crippen LogP contribution in [0.1, 0.15) is 22.9 Å². The molecule has 3 aromatic carbocycles. The zero-order valence-electron chi connectivity index (χ0n) is 23.9. The fourth-order valence-corrected chi connectivity index (χ4v) is 5.60. The highest BCUT2D eigenvalue weighted by atomic mass is 19.1. The van der Waals surface area contributed by atoms with Crippen molar-refractivity contribution in [3.05, 3.63) is 119 Å². The number of azide groups is 1. The number of hydrogen-bond acceptors (Lipinski definition) is 9. The maximum absolute atomic E-state index is 16.0. The molecule has 12 nitrogen and oxygen atoms in total. The molecule has 0 unspecified atom stereocenters. The third-order valence-electron chi connectivity index (χ3n) is 7.78. The molecule has 44 heavy (non-hydrogen) atoms. The summed E-state index contributed by atoms with van der Waals surface area (Å²) < 4.78 is 41.4. The lowest BCUT2D eigenvalue weighted by Gasteiger charge is -2.37. The normalized spacial score (nSPS) is 19.9. The number of anilines is 1. The lowest BCUT2D eigenvalue weighted by Crippen LogP contribution is -2.38. The van der Waals surface area contributed by atoms with Gasteiger partial charge in [-0.2, -0.15) is 0 Å². The molecule has 1 aliphatic heterocycles. The Hall–Kier alpha value is -5.23. The first-order valence-corrected chi connectivity index (χ1v) is 13.8. The summed E-state index contributed by atoms with van der Waals surface area (Å²) in [5.74, 6) is 1.50. The van der Waals surface area contributed by atoms with Crippen LogP contribution in [0.25, 0.3) is 21.6 Å². The highest BCUT2D eigenvalue weighted by Gasteiger charge is 2.48. The van der Waals surface area contributed by atoms with Gasteiger partial charge in [0.2, 0.25) is 0 Å². The van der Waals surface area contributed by atoms with Crippen LogP contribution in [0.5, 0.6) is 11.5 Å². The second-order valence-electron chi connectivity index (χ2n) is 10.1. The van der Waals surface area contributed by atoms with Crippen molar-refractivity contribution in [1.29, 1.82) is 0 Å². The number of nitrogen functional groups attached to an aromatic ring is 1. The van der Waals surface area contributed by atoms with Crippen molar-refractivity contribution in [2.75, 3.05) is 26.6 Å². The minimum absolute atomic E-state index is 0.142. The van der Waals surface area contributed by atoms with Crippen molar-refractivity contribution in [1.82, 2.24) is 19.5 Å². The van der Waals surface area contributed by atoms with Gasteiger partial charge in [0.05, 0.1) is 33.3 Å². The minimum Gasteiger partial charge on any atom is -0.497 e. The van der Waals surface area contributed by atoms with Crippen LogP contribution in [0.3, 0.4) is 0 Å². The third kappa shape index (κ3) is 5.02. The zero-order valence-corrected chi connectivity index (χ0v) is 23.9. The summed E-state index contributed by atoms with van der Waals surface area (Å²) in [4.78, 5) is 15.3. The van der Waals surface area contributed by atoms with E-state index in [1.807, 2.05) is 78.9 Å². The molecule has 0 radical (unpaired) electrons. The number of nitrogens with two attached hydrogens (primary N) is 1. The van der Waals surface area contributed by atoms with Crippen LogP contribution in [-0.4, -0.2) is 58.7 Å². The number of fused-ring (bicyclic) bond motifs is 1. The number of methoxy groups -OCH3 is 2. The predicted octanol–water partition coefficient (Wildman–Crippen LogP) is 5.35. The molecule has 1 saturated heterocycles. The predicted molar refractivity (Wildman–Crippen MR) is 160 cm³/mol. The molecule has 4 atom stereocenters. The number of rotatable bonds is 10. The van der Waals surface area contributed by atoms with Crippen LogP contribution in [0.15, 0.2) is 96.6 Å². The number of imidazole rings is 1. The summed E-state index contributed by atoms with van der Waals surface area (Å²) in [7, 11) is 3.20. The van der Waals surface area contributed by atoms with E-state index in [9.17, 15) is 5.53 Å². The molecule has 0 bridgehead atoms. The molecule has 5 aromatic rings. The van der Waals surface area contributed by atoms with Gasteiger partial charge >= 0.3 is 0 Å². The third-order valence-corrected chi connectivity index (χ3v) is 7.78. The zero-order chi connectivity index (χ0) is 30.7. The van der Waals surface area contributed by atoms with E-state index in [0.29, 0.717) is 22.7 Å². The average molecular weight is 597 g/mol. The Kier molecular flexibility index (Phi) is 7.99. The fourth-order valence-electron chi connectivity index (χ4n) is 5.60. The SMILES string of the molecule is COc1ccc(C(OC[C@H]2O[C@@H](n3cnc4c(N)ncnc43)[C@H](F)[C@@H]2N=[N+]=[N-])(c2ccccc2)c2ccc(OC)cc2)cc1. The summed E-state index contributed by atoms with van der Waals surface area (Å²) in [5, 5.41) is 3.78. The standard InChI is InChI=1S/C31H29FN8O4/c1-41-22-12-8-20(9-13-22)31(19-6-4-3-5-7-19,21-10-14-23(42-2)15-11-21)43-16-24-26(38-39-34)25(32)30(44-24)40-18-37-27-28(33)35-17-36-29(27)40/h3-15,17-18,24-26,30H,16H2,1-2H3,(H2,33,35,36)/t24-,25-,26-,30-/m1/s1. The first kappa shape index (κ1) is 28.9. The molecule has 0 saturated carbocycles. The van der Waals surface area contributed by atoms with Gasteiger partial charge in [0.15, 0.2) is 23.9 Å². The molecule has 3 heterocycles. The average Bonchev–Trinajstić information content (AvgIpc) is 3.64. The molecule has 224 valence electrons. The van der Waals surface area contributed by atoms with Gasteiger partial charge in [0, 0.05) is 4.91 Å². The quantitative estimate of drug-likeness (QED) is 0.0979. The van der Waals surface area contributed by atoms with E-state index in [-0.39, 0.29) is 12.4 Å². The lowest BCUT2D eigenvalue weighted by molar-refractivity contribution is -0.0819. The number of nitrogens with zero attached hydrogens (tertiary/aromatic N) is 7. The van der Waals surface area contributed by atoms with Gasteiger partial charge in [-0.05, 0) is 46.5 Å². The summed E-state index contributed by atoms with van der Waals surface area (Å²) in [5.41, 5.74) is 17.1. The van der Waals surface area contributed by atoms with Gasteiger partial charge in [-0.3, -0.25) is 4.57 Å². The topological polar surface area (TPSA) is 155 Å². The molecule has 0 amide bonds. The van der Waals surface area contributed by atoms with Gasteiger partial charge in [0.1, 0.15) is 35.0 Å². The Morgan fingerprint density at radius 1 is 0.932 bits per heavy atom. The molecular formula is C31H29FN8O4. The smallest absolute Gasteiger partial charge is 0.168 e. The van der Waals surface area contributed by atoms with Crippen molar-refractivity contribution < 1.29 is 23.3 Å². The van der Waals surface area contributed by atoms with Gasteiger partial charge in [-0.15, -0.1) is 0 Å². The van der Waals surface area contributed by atoms with E-state index in [2.05, 4.69) is 25.0 Å². The number of ether oxygens (including phenoxy) is 4. The highest BCUT2D eigenvalue weighted by molar-refractivity contribution is 5.81. The van der Waals surface area contributed by atoms with Crippen LogP contribution in [0.2, 0.25) is 0 Å². The van der Waals surface area contributed by atoms with E-state index in [0.717, 1.165) is 16.7 Å². The monoisotopic (exact) mass is 596 g/mol. The Morgan fingerprint density at radius 3 is 2.14 bits per heavy atom. The van der Waals surface area contributed by atoms with Crippen LogP contribution < -0.4 is 15.2 Å². The molecule has 0 spiro atoms. The van der Waals surface area contributed by atoms with E-state index < -0.39 is 30.1 Å². The number of hydrogen-bond donors (Lipinski definition) is 1. The number of alkyl halides is 1. The second-order valence-corrected chi connectivity index (χ2v) is 10.1. The van der Waals surface area contributed by atoms with E-state index in [1.54, 1.807) is 14.2 Å². The van der Waals surface area contributed by atoms with Crippen LogP contribution in [0.4, 0.5) is 10.2 Å². The Morgan fingerprint density at radius 2 is 1.55 bits per heavy atom. The maximum Gasteiger partial charge on any atom is 0.168 e. The minimum atomic E-state index is -1.74. The van der Waals surface area contributed by atoms with Crippen molar-refractivity contribution in [3.8, 4) is 11.5 Å². The van der Waals surface area contributed by atoms with Crippen LogP contribution in [0, 0.1) is 0 Å². The number of benzene rings is 3. The van der Waals surface area contributed by atoms with E-state index >= 15 is 4.39 Å². The molecule has 1 aliphatic rings. The van der Waals surface area contributed by atoms with Crippen LogP contribution in [-0.2, 0) is 15.1 Å². The van der Waals surface area contributed by atoms with Crippen molar-refractivity contribution in [2.45, 2.75) is 30.1 Å². The molecule has 0 aliphatic carbocycles. The molecule has 2 aromatic heterocycles. The first-order chi connectivity index (χ1) is 21.5. The van der Waals surface area contributed by atoms with E-state index in [4.69, 9.17) is 24.7 Å². The fraction of sp³-hybridized carbons (Fsp3) is 0.258. The summed E-state index contributed by atoms with van der Waals surface area (Å²) in [6, 6.07) is 23.5. The van der Waals surface area contributed by atoms with Gasteiger partial charge < -0.3 is 24.7 Å². The molecule has 13 heteroatoms. The molecular weight excluding hydrogens is 567 g/mol. The molecule has 2 N–H and O–H groups in total. The summed E-state index contributed by atoms with van der Waals surface area (Å²) in [6.45, 7) is -0.142.